The number of nitrogens with one attached hydrogen (secondary N) is 1. The Labute approximate surface area is 163 Å². The van der Waals surface area contributed by atoms with Gasteiger partial charge in [-0.25, -0.2) is 0 Å². The topological polar surface area (TPSA) is 80.8 Å². The molecule has 0 saturated carbocycles. The lowest BCUT2D eigenvalue weighted by molar-refractivity contribution is -0.134. The van der Waals surface area contributed by atoms with Crippen molar-refractivity contribution in [1.29, 1.82) is 0 Å². The third kappa shape index (κ3) is 4.24. The lowest BCUT2D eigenvalue weighted by atomic mass is 9.95. The van der Waals surface area contributed by atoms with Crippen molar-refractivity contribution in [3.05, 3.63) is 48.3 Å². The molecule has 2 aliphatic heterocycles. The lowest BCUT2D eigenvalue weighted by Crippen LogP contribution is -2.41. The van der Waals surface area contributed by atoms with E-state index >= 15 is 0 Å². The molecule has 0 spiro atoms. The minimum absolute atomic E-state index is 0.0127. The number of hydrogen-bond donors (Lipinski definition) is 1. The average Bonchev–Trinajstić information content (AvgIpc) is 3.21. The van der Waals surface area contributed by atoms with E-state index in [4.69, 9.17) is 9.47 Å². The summed E-state index contributed by atoms with van der Waals surface area (Å²) in [5.41, 5.74) is 1.76. The van der Waals surface area contributed by atoms with Crippen LogP contribution in [0.2, 0.25) is 0 Å². The van der Waals surface area contributed by atoms with Gasteiger partial charge in [0, 0.05) is 49.6 Å². The summed E-state index contributed by atoms with van der Waals surface area (Å²) in [5, 5.41) is 2.95. The van der Waals surface area contributed by atoms with Crippen LogP contribution in [-0.2, 0) is 16.0 Å². The van der Waals surface area contributed by atoms with Gasteiger partial charge in [-0.1, -0.05) is 6.07 Å². The Morgan fingerprint density at radius 1 is 1.14 bits per heavy atom. The van der Waals surface area contributed by atoms with Crippen LogP contribution in [0.5, 0.6) is 11.5 Å². The number of nitrogens with zero attached hydrogens (tertiary/aromatic N) is 2. The molecule has 0 atom stereocenters. The van der Waals surface area contributed by atoms with E-state index in [1.54, 1.807) is 24.5 Å². The standard InChI is InChI=1S/C21H23N3O4/c25-20(6-3-15-2-1-9-22-13-15)24-10-7-16(8-11-24)21(26)23-17-4-5-18-19(12-17)28-14-27-18/h1-2,4-5,9,12-13,16H,3,6-8,10-11,14H2,(H,23,26). The number of ether oxygens (including phenoxy) is 2. The largest absolute Gasteiger partial charge is 0.454 e. The van der Waals surface area contributed by atoms with Gasteiger partial charge in [0.2, 0.25) is 18.6 Å². The van der Waals surface area contributed by atoms with Gasteiger partial charge < -0.3 is 19.7 Å². The number of piperidine rings is 1. The van der Waals surface area contributed by atoms with Crippen molar-refractivity contribution in [2.45, 2.75) is 25.7 Å². The maximum Gasteiger partial charge on any atom is 0.231 e. The number of pyridine rings is 1. The van der Waals surface area contributed by atoms with Crippen molar-refractivity contribution >= 4 is 17.5 Å². The van der Waals surface area contributed by atoms with Crippen LogP contribution in [-0.4, -0.2) is 41.6 Å². The first-order valence-electron chi connectivity index (χ1n) is 9.56. The molecule has 1 aromatic heterocycles. The quantitative estimate of drug-likeness (QED) is 0.861. The predicted octanol–water partition coefficient (Wildman–Crippen LogP) is 2.62. The number of benzene rings is 1. The zero-order valence-electron chi connectivity index (χ0n) is 15.6. The van der Waals surface area contributed by atoms with Gasteiger partial charge in [0.05, 0.1) is 0 Å². The van der Waals surface area contributed by atoms with Crippen LogP contribution in [0, 0.1) is 5.92 Å². The van der Waals surface area contributed by atoms with Gasteiger partial charge in [-0.3, -0.25) is 14.6 Å². The molecule has 7 heteroatoms. The molecule has 146 valence electrons. The number of fused-ring (bicyclic) bond motifs is 1. The molecule has 1 N–H and O–H groups in total. The summed E-state index contributed by atoms with van der Waals surface area (Å²) in [7, 11) is 0. The van der Waals surface area contributed by atoms with Gasteiger partial charge in [-0.2, -0.15) is 0 Å². The number of aromatic nitrogens is 1. The number of carbonyl (C=O) groups excluding carboxylic acids is 2. The molecule has 2 aliphatic rings. The van der Waals surface area contributed by atoms with Gasteiger partial charge in [-0.05, 0) is 43.0 Å². The first-order valence-corrected chi connectivity index (χ1v) is 9.56. The minimum Gasteiger partial charge on any atom is -0.454 e. The molecular weight excluding hydrogens is 358 g/mol. The molecule has 2 aromatic rings. The monoisotopic (exact) mass is 381 g/mol. The summed E-state index contributed by atoms with van der Waals surface area (Å²) >= 11 is 0. The van der Waals surface area contributed by atoms with Crippen molar-refractivity contribution in [1.82, 2.24) is 9.88 Å². The highest BCUT2D eigenvalue weighted by Crippen LogP contribution is 2.34. The van der Waals surface area contributed by atoms with Crippen molar-refractivity contribution in [2.24, 2.45) is 5.92 Å². The molecular formula is C21H23N3O4. The van der Waals surface area contributed by atoms with Crippen LogP contribution < -0.4 is 14.8 Å². The normalized spacial score (nSPS) is 16.1. The van der Waals surface area contributed by atoms with Crippen molar-refractivity contribution < 1.29 is 19.1 Å². The number of hydrogen-bond acceptors (Lipinski definition) is 5. The van der Waals surface area contributed by atoms with Crippen molar-refractivity contribution in [3.8, 4) is 11.5 Å². The second-order valence-electron chi connectivity index (χ2n) is 7.07. The van der Waals surface area contributed by atoms with E-state index in [2.05, 4.69) is 10.3 Å². The highest BCUT2D eigenvalue weighted by atomic mass is 16.7. The number of carbonyl (C=O) groups is 2. The van der Waals surface area contributed by atoms with E-state index in [0.29, 0.717) is 56.0 Å². The molecule has 1 fully saturated rings. The van der Waals surface area contributed by atoms with E-state index < -0.39 is 0 Å². The average molecular weight is 381 g/mol. The molecule has 2 amide bonds. The SMILES string of the molecule is O=C(Nc1ccc2c(c1)OCO2)C1CCN(C(=O)CCc2cccnc2)CC1. The van der Waals surface area contributed by atoms with E-state index in [1.165, 1.54) is 0 Å². The van der Waals surface area contributed by atoms with Crippen molar-refractivity contribution in [3.63, 3.8) is 0 Å². The maximum atomic E-state index is 12.6. The number of likely N-dealkylation sites (tertiary alicyclic amines) is 1. The summed E-state index contributed by atoms with van der Waals surface area (Å²) in [6, 6.07) is 9.23. The Morgan fingerprint density at radius 2 is 1.96 bits per heavy atom. The fourth-order valence-electron chi connectivity index (χ4n) is 3.57. The van der Waals surface area contributed by atoms with Gasteiger partial charge in [0.25, 0.3) is 0 Å². The third-order valence-electron chi connectivity index (χ3n) is 5.21. The van der Waals surface area contributed by atoms with Crippen molar-refractivity contribution in [2.75, 3.05) is 25.2 Å². The Morgan fingerprint density at radius 3 is 2.75 bits per heavy atom. The van der Waals surface area contributed by atoms with Crippen LogP contribution >= 0.6 is 0 Å². The summed E-state index contributed by atoms with van der Waals surface area (Å²) in [4.78, 5) is 30.9. The number of rotatable bonds is 5. The Hall–Kier alpha value is -3.09. The lowest BCUT2D eigenvalue weighted by Gasteiger charge is -2.31. The van der Waals surface area contributed by atoms with E-state index in [9.17, 15) is 9.59 Å². The van der Waals surface area contributed by atoms with Gasteiger partial charge in [-0.15, -0.1) is 0 Å². The molecule has 4 rings (SSSR count). The Bertz CT molecular complexity index is 848. The van der Waals surface area contributed by atoms with Crippen LogP contribution in [0.4, 0.5) is 5.69 Å². The smallest absolute Gasteiger partial charge is 0.231 e. The third-order valence-corrected chi connectivity index (χ3v) is 5.21. The Kier molecular flexibility index (Phi) is 5.41. The summed E-state index contributed by atoms with van der Waals surface area (Å²) < 4.78 is 10.6. The molecule has 0 bridgehead atoms. The van der Waals surface area contributed by atoms with E-state index in [1.807, 2.05) is 23.1 Å². The molecule has 0 aliphatic carbocycles. The summed E-state index contributed by atoms with van der Waals surface area (Å²) in [6.07, 6.45) is 6.03. The molecule has 0 unspecified atom stereocenters. The number of amides is 2. The fraction of sp³-hybridized carbons (Fsp3) is 0.381. The van der Waals surface area contributed by atoms with Crippen LogP contribution in [0.15, 0.2) is 42.7 Å². The zero-order chi connectivity index (χ0) is 19.3. The molecule has 1 saturated heterocycles. The molecule has 0 radical (unpaired) electrons. The molecule has 28 heavy (non-hydrogen) atoms. The maximum absolute atomic E-state index is 12.6. The molecule has 7 nitrogen and oxygen atoms in total. The number of anilines is 1. The van der Waals surface area contributed by atoms with E-state index in [-0.39, 0.29) is 24.5 Å². The Balaban J connectivity index is 1.24. The van der Waals surface area contributed by atoms with Crippen LogP contribution in [0.25, 0.3) is 0 Å². The molecule has 3 heterocycles. The fourth-order valence-corrected chi connectivity index (χ4v) is 3.57. The first-order chi connectivity index (χ1) is 13.7. The summed E-state index contributed by atoms with van der Waals surface area (Å²) in [5.74, 6) is 1.37. The van der Waals surface area contributed by atoms with Gasteiger partial charge in [0.15, 0.2) is 11.5 Å². The first kappa shape index (κ1) is 18.3. The predicted molar refractivity (Wildman–Crippen MR) is 103 cm³/mol. The van der Waals surface area contributed by atoms with Gasteiger partial charge in [0.1, 0.15) is 0 Å². The second kappa shape index (κ2) is 8.29. The van der Waals surface area contributed by atoms with E-state index in [0.717, 1.165) is 5.56 Å². The second-order valence-corrected chi connectivity index (χ2v) is 7.07. The highest BCUT2D eigenvalue weighted by Gasteiger charge is 2.27. The highest BCUT2D eigenvalue weighted by molar-refractivity contribution is 5.93. The summed E-state index contributed by atoms with van der Waals surface area (Å²) in [6.45, 7) is 1.44. The van der Waals surface area contributed by atoms with Crippen LogP contribution in [0.1, 0.15) is 24.8 Å². The zero-order valence-corrected chi connectivity index (χ0v) is 15.6. The minimum atomic E-state index is -0.0900. The van der Waals surface area contributed by atoms with Gasteiger partial charge >= 0.3 is 0 Å². The van der Waals surface area contributed by atoms with Crippen LogP contribution in [0.3, 0.4) is 0 Å². The molecule has 1 aromatic carbocycles. The number of aryl methyl sites for hydroxylation is 1.